The molecule has 1 aliphatic heterocycles. The third-order valence-corrected chi connectivity index (χ3v) is 3.14. The summed E-state index contributed by atoms with van der Waals surface area (Å²) in [6.45, 7) is 6.13. The average Bonchev–Trinajstić information content (AvgIpc) is 2.64. The van der Waals surface area contributed by atoms with Crippen molar-refractivity contribution in [2.45, 2.75) is 52.2 Å². The Labute approximate surface area is 96.2 Å². The topological polar surface area (TPSA) is 61.0 Å². The molecule has 1 aromatic heterocycles. The van der Waals surface area contributed by atoms with Crippen molar-refractivity contribution in [2.24, 2.45) is 0 Å². The number of nitrogens with zero attached hydrogens (tertiary/aromatic N) is 2. The van der Waals surface area contributed by atoms with Crippen LogP contribution in [0.4, 0.5) is 5.82 Å². The number of hydrogen-bond donors (Lipinski definition) is 1. The molecular weight excluding hydrogens is 202 g/mol. The maximum absolute atomic E-state index is 5.93. The fourth-order valence-electron chi connectivity index (χ4n) is 2.21. The fraction of sp³-hybridized carbons (Fsp3) is 0.667. The molecule has 2 unspecified atom stereocenters. The molecule has 0 spiro atoms. The van der Waals surface area contributed by atoms with Gasteiger partial charge in [0.1, 0.15) is 11.9 Å². The summed E-state index contributed by atoms with van der Waals surface area (Å²) in [6.07, 6.45) is 3.27. The molecule has 4 nitrogen and oxygen atoms in total. The zero-order valence-corrected chi connectivity index (χ0v) is 10.2. The summed E-state index contributed by atoms with van der Waals surface area (Å²) in [7, 11) is 0. The quantitative estimate of drug-likeness (QED) is 0.831. The minimum atomic E-state index is 0.0295. The number of ether oxygens (including phenoxy) is 1. The summed E-state index contributed by atoms with van der Waals surface area (Å²) >= 11 is 0. The lowest BCUT2D eigenvalue weighted by molar-refractivity contribution is 0.0502. The van der Waals surface area contributed by atoms with Crippen molar-refractivity contribution in [1.29, 1.82) is 0 Å². The van der Waals surface area contributed by atoms with Crippen molar-refractivity contribution in [3.05, 3.63) is 17.1 Å². The Morgan fingerprint density at radius 3 is 2.62 bits per heavy atom. The zero-order chi connectivity index (χ0) is 11.7. The number of rotatable bonds is 2. The third kappa shape index (κ3) is 2.02. The average molecular weight is 221 g/mol. The van der Waals surface area contributed by atoms with E-state index < -0.39 is 0 Å². The predicted octanol–water partition coefficient (Wildman–Crippen LogP) is 2.17. The van der Waals surface area contributed by atoms with Gasteiger partial charge in [0.25, 0.3) is 0 Å². The fourth-order valence-corrected chi connectivity index (χ4v) is 2.21. The van der Waals surface area contributed by atoms with Crippen molar-refractivity contribution >= 4 is 5.82 Å². The van der Waals surface area contributed by atoms with Crippen LogP contribution in [0, 0.1) is 6.92 Å². The van der Waals surface area contributed by atoms with Gasteiger partial charge in [-0.1, -0.05) is 6.92 Å². The summed E-state index contributed by atoms with van der Waals surface area (Å²) in [6, 6.07) is 0. The molecular formula is C12H19N3O. The van der Waals surface area contributed by atoms with Gasteiger partial charge in [-0.2, -0.15) is 0 Å². The van der Waals surface area contributed by atoms with Gasteiger partial charge < -0.3 is 10.5 Å². The molecule has 0 radical (unpaired) electrons. The Morgan fingerprint density at radius 1 is 1.38 bits per heavy atom. The van der Waals surface area contributed by atoms with E-state index in [1.807, 2.05) is 6.92 Å². The van der Waals surface area contributed by atoms with Crippen molar-refractivity contribution in [3.8, 4) is 0 Å². The van der Waals surface area contributed by atoms with Gasteiger partial charge in [-0.3, -0.25) is 0 Å². The van der Waals surface area contributed by atoms with E-state index in [-0.39, 0.29) is 6.10 Å². The summed E-state index contributed by atoms with van der Waals surface area (Å²) in [5.41, 5.74) is 7.96. The van der Waals surface area contributed by atoms with Crippen LogP contribution in [0.2, 0.25) is 0 Å². The number of aryl methyl sites for hydroxylation is 1. The Morgan fingerprint density at radius 2 is 2.12 bits per heavy atom. The van der Waals surface area contributed by atoms with E-state index in [2.05, 4.69) is 23.8 Å². The first-order valence-electron chi connectivity index (χ1n) is 5.90. The van der Waals surface area contributed by atoms with Crippen LogP contribution in [0.1, 0.15) is 49.9 Å². The molecule has 0 saturated carbocycles. The summed E-state index contributed by atoms with van der Waals surface area (Å²) in [5, 5.41) is 0. The Bertz CT molecular complexity index is 369. The first kappa shape index (κ1) is 11.3. The van der Waals surface area contributed by atoms with Crippen LogP contribution in [0.15, 0.2) is 0 Å². The lowest BCUT2D eigenvalue weighted by Gasteiger charge is -2.13. The molecule has 4 heteroatoms. The highest BCUT2D eigenvalue weighted by atomic mass is 16.5. The monoisotopic (exact) mass is 221 g/mol. The lowest BCUT2D eigenvalue weighted by Crippen LogP contribution is -2.11. The number of hydrogen-bond acceptors (Lipinski definition) is 4. The van der Waals surface area contributed by atoms with E-state index in [1.165, 1.54) is 0 Å². The zero-order valence-electron chi connectivity index (χ0n) is 10.2. The second-order valence-electron chi connectivity index (χ2n) is 4.40. The number of nitrogens with two attached hydrogens (primary N) is 1. The van der Waals surface area contributed by atoms with Crippen molar-refractivity contribution in [2.75, 3.05) is 5.73 Å². The predicted molar refractivity (Wildman–Crippen MR) is 63.1 cm³/mol. The highest BCUT2D eigenvalue weighted by Crippen LogP contribution is 2.31. The highest BCUT2D eigenvalue weighted by Gasteiger charge is 2.26. The molecule has 0 aliphatic carbocycles. The molecule has 2 heterocycles. The van der Waals surface area contributed by atoms with E-state index in [9.17, 15) is 0 Å². The van der Waals surface area contributed by atoms with Gasteiger partial charge in [0.15, 0.2) is 5.82 Å². The third-order valence-electron chi connectivity index (χ3n) is 3.14. The molecule has 2 atom stereocenters. The first-order valence-corrected chi connectivity index (χ1v) is 5.90. The number of anilines is 1. The van der Waals surface area contributed by atoms with Crippen LogP contribution in [-0.4, -0.2) is 16.1 Å². The summed E-state index contributed by atoms with van der Waals surface area (Å²) in [5.74, 6) is 1.35. The molecule has 1 fully saturated rings. The van der Waals surface area contributed by atoms with E-state index >= 15 is 0 Å². The van der Waals surface area contributed by atoms with Gasteiger partial charge in [0.2, 0.25) is 0 Å². The maximum atomic E-state index is 5.93. The molecule has 1 aromatic rings. The van der Waals surface area contributed by atoms with E-state index in [1.54, 1.807) is 0 Å². The Kier molecular flexibility index (Phi) is 3.10. The minimum Gasteiger partial charge on any atom is -0.383 e. The van der Waals surface area contributed by atoms with Gasteiger partial charge >= 0.3 is 0 Å². The first-order chi connectivity index (χ1) is 7.61. The Hall–Kier alpha value is -1.16. The second-order valence-corrected chi connectivity index (χ2v) is 4.40. The van der Waals surface area contributed by atoms with Crippen LogP contribution in [0.3, 0.4) is 0 Å². The van der Waals surface area contributed by atoms with Crippen LogP contribution < -0.4 is 5.73 Å². The normalized spacial score (nSPS) is 24.9. The molecule has 16 heavy (non-hydrogen) atoms. The summed E-state index contributed by atoms with van der Waals surface area (Å²) in [4.78, 5) is 8.87. The Balaban J connectivity index is 2.29. The van der Waals surface area contributed by atoms with Crippen LogP contribution in [-0.2, 0) is 11.2 Å². The van der Waals surface area contributed by atoms with Crippen molar-refractivity contribution in [3.63, 3.8) is 0 Å². The van der Waals surface area contributed by atoms with Gasteiger partial charge in [0.05, 0.1) is 6.10 Å². The lowest BCUT2D eigenvalue weighted by atomic mass is 10.1. The molecule has 1 aliphatic rings. The molecule has 2 rings (SSSR count). The van der Waals surface area contributed by atoms with Crippen LogP contribution >= 0.6 is 0 Å². The van der Waals surface area contributed by atoms with Gasteiger partial charge in [-0.15, -0.1) is 0 Å². The largest absolute Gasteiger partial charge is 0.383 e. The van der Waals surface area contributed by atoms with E-state index in [4.69, 9.17) is 10.5 Å². The molecule has 0 bridgehead atoms. The van der Waals surface area contributed by atoms with Crippen LogP contribution in [0.25, 0.3) is 0 Å². The van der Waals surface area contributed by atoms with Gasteiger partial charge in [-0.25, -0.2) is 9.97 Å². The smallest absolute Gasteiger partial charge is 0.159 e. The maximum Gasteiger partial charge on any atom is 0.159 e. The van der Waals surface area contributed by atoms with E-state index in [0.29, 0.717) is 11.9 Å². The number of aromatic nitrogens is 2. The number of nitrogen functional groups attached to an aromatic ring is 1. The highest BCUT2D eigenvalue weighted by molar-refractivity contribution is 5.42. The van der Waals surface area contributed by atoms with Gasteiger partial charge in [0, 0.05) is 11.3 Å². The van der Waals surface area contributed by atoms with Gasteiger partial charge in [-0.05, 0) is 33.1 Å². The molecule has 2 N–H and O–H groups in total. The standard InChI is InChI=1S/C12H19N3O/c1-4-9-8(3)14-12(15-11(9)13)10-6-5-7(2)16-10/h7,10H,4-6H2,1-3H3,(H2,13,14,15). The molecule has 88 valence electrons. The van der Waals surface area contributed by atoms with Crippen LogP contribution in [0.5, 0.6) is 0 Å². The van der Waals surface area contributed by atoms with Crippen molar-refractivity contribution < 1.29 is 4.74 Å². The SMILES string of the molecule is CCc1c(C)nc(C2CCC(C)O2)nc1N. The molecule has 0 aromatic carbocycles. The molecule has 0 amide bonds. The van der Waals surface area contributed by atoms with Crippen molar-refractivity contribution in [1.82, 2.24) is 9.97 Å². The molecule has 1 saturated heterocycles. The second kappa shape index (κ2) is 4.37. The minimum absolute atomic E-state index is 0.0295. The summed E-state index contributed by atoms with van der Waals surface area (Å²) < 4.78 is 5.75. The van der Waals surface area contributed by atoms with E-state index in [0.717, 1.165) is 36.3 Å².